The van der Waals surface area contributed by atoms with Crippen molar-refractivity contribution < 1.29 is 4.79 Å². The maximum Gasteiger partial charge on any atom is 0.320 e. The highest BCUT2D eigenvalue weighted by Gasteiger charge is 2.35. The van der Waals surface area contributed by atoms with Crippen LogP contribution < -0.4 is 5.32 Å². The first-order valence-electron chi connectivity index (χ1n) is 7.11. The summed E-state index contributed by atoms with van der Waals surface area (Å²) in [4.78, 5) is 19.2. The zero-order chi connectivity index (χ0) is 13.2. The van der Waals surface area contributed by atoms with E-state index in [1.807, 2.05) is 29.2 Å². The van der Waals surface area contributed by atoms with Crippen LogP contribution in [-0.2, 0) is 0 Å². The molecule has 2 aliphatic heterocycles. The maximum atomic E-state index is 12.2. The fourth-order valence-electron chi connectivity index (χ4n) is 3.12. The Labute approximate surface area is 114 Å². The van der Waals surface area contributed by atoms with E-state index >= 15 is 0 Å². The molecule has 0 aromatic carbocycles. The van der Waals surface area contributed by atoms with E-state index in [2.05, 4.69) is 16.4 Å². The summed E-state index contributed by atoms with van der Waals surface area (Å²) in [7, 11) is 1.90. The van der Waals surface area contributed by atoms with Crippen LogP contribution in [0.1, 0.15) is 24.4 Å². The molecule has 2 fully saturated rings. The van der Waals surface area contributed by atoms with E-state index in [1.54, 1.807) is 0 Å². The van der Waals surface area contributed by atoms with Crippen LogP contribution in [-0.4, -0.2) is 54.0 Å². The van der Waals surface area contributed by atoms with E-state index in [-0.39, 0.29) is 12.1 Å². The van der Waals surface area contributed by atoms with Crippen LogP contribution >= 0.6 is 0 Å². The number of hydrogen-bond donors (Lipinski definition) is 2. The van der Waals surface area contributed by atoms with Crippen LogP contribution in [0.15, 0.2) is 18.5 Å². The van der Waals surface area contributed by atoms with Gasteiger partial charge in [0.15, 0.2) is 0 Å². The molecule has 5 heteroatoms. The number of aromatic amines is 1. The lowest BCUT2D eigenvalue weighted by Crippen LogP contribution is -2.31. The lowest BCUT2D eigenvalue weighted by molar-refractivity contribution is 0.193. The smallest absolute Gasteiger partial charge is 0.320 e. The number of carbonyl (C=O) groups excluding carboxylic acids is 1. The second-order valence-corrected chi connectivity index (χ2v) is 5.65. The first kappa shape index (κ1) is 12.5. The molecule has 0 bridgehead atoms. The molecule has 19 heavy (non-hydrogen) atoms. The minimum absolute atomic E-state index is 0.164. The summed E-state index contributed by atoms with van der Waals surface area (Å²) < 4.78 is 0. The Bertz CT molecular complexity index is 425. The average molecular weight is 262 g/mol. The van der Waals surface area contributed by atoms with Crippen molar-refractivity contribution in [2.75, 3.05) is 33.2 Å². The molecule has 0 spiro atoms. The molecule has 2 unspecified atom stereocenters. The molecular formula is C14H22N4O. The van der Waals surface area contributed by atoms with Crippen molar-refractivity contribution in [2.24, 2.45) is 5.92 Å². The zero-order valence-corrected chi connectivity index (χ0v) is 11.4. The summed E-state index contributed by atoms with van der Waals surface area (Å²) >= 11 is 0. The Balaban J connectivity index is 1.59. The summed E-state index contributed by atoms with van der Waals surface area (Å²) in [5, 5.41) is 3.38. The number of amides is 2. The van der Waals surface area contributed by atoms with Crippen LogP contribution in [0.4, 0.5) is 4.79 Å². The third-order valence-electron chi connectivity index (χ3n) is 4.41. The van der Waals surface area contributed by atoms with Crippen molar-refractivity contribution in [3.8, 4) is 0 Å². The molecule has 0 aliphatic carbocycles. The third kappa shape index (κ3) is 2.47. The fourth-order valence-corrected chi connectivity index (χ4v) is 3.12. The highest BCUT2D eigenvalue weighted by Crippen LogP contribution is 2.28. The van der Waals surface area contributed by atoms with Crippen LogP contribution in [0.25, 0.3) is 0 Å². The van der Waals surface area contributed by atoms with Gasteiger partial charge < -0.3 is 20.1 Å². The topological polar surface area (TPSA) is 51.4 Å². The number of hydrogen-bond acceptors (Lipinski definition) is 2. The summed E-state index contributed by atoms with van der Waals surface area (Å²) in [6.07, 6.45) is 6.27. The molecule has 2 atom stereocenters. The van der Waals surface area contributed by atoms with Gasteiger partial charge in [-0.05, 0) is 43.5 Å². The van der Waals surface area contributed by atoms with Gasteiger partial charge in [-0.25, -0.2) is 4.79 Å². The molecule has 2 aliphatic rings. The van der Waals surface area contributed by atoms with Gasteiger partial charge in [-0.2, -0.15) is 0 Å². The first-order valence-corrected chi connectivity index (χ1v) is 7.11. The molecule has 3 heterocycles. The molecule has 3 rings (SSSR count). The molecule has 2 saturated heterocycles. The van der Waals surface area contributed by atoms with Gasteiger partial charge in [-0.1, -0.05) is 0 Å². The third-order valence-corrected chi connectivity index (χ3v) is 4.41. The molecule has 0 saturated carbocycles. The van der Waals surface area contributed by atoms with Gasteiger partial charge in [0, 0.05) is 32.5 Å². The van der Waals surface area contributed by atoms with Crippen molar-refractivity contribution in [3.05, 3.63) is 24.0 Å². The Kier molecular flexibility index (Phi) is 3.46. The summed E-state index contributed by atoms with van der Waals surface area (Å²) in [5.41, 5.74) is 1.20. The van der Waals surface area contributed by atoms with E-state index in [0.29, 0.717) is 0 Å². The van der Waals surface area contributed by atoms with Crippen molar-refractivity contribution in [1.82, 2.24) is 20.1 Å². The van der Waals surface area contributed by atoms with Crippen LogP contribution in [0, 0.1) is 5.92 Å². The van der Waals surface area contributed by atoms with Gasteiger partial charge in [0.05, 0.1) is 6.04 Å². The lowest BCUT2D eigenvalue weighted by atomic mass is 10.0. The molecular weight excluding hydrogens is 240 g/mol. The Morgan fingerprint density at radius 2 is 2.37 bits per heavy atom. The quantitative estimate of drug-likeness (QED) is 0.862. The maximum absolute atomic E-state index is 12.2. The molecule has 0 radical (unpaired) electrons. The van der Waals surface area contributed by atoms with E-state index in [9.17, 15) is 4.79 Å². The monoisotopic (exact) mass is 262 g/mol. The van der Waals surface area contributed by atoms with E-state index in [1.165, 1.54) is 12.0 Å². The largest absolute Gasteiger partial charge is 0.367 e. The molecule has 5 nitrogen and oxygen atoms in total. The summed E-state index contributed by atoms with van der Waals surface area (Å²) in [6, 6.07) is 2.41. The normalized spacial score (nSPS) is 27.5. The number of carbonyl (C=O) groups is 1. The number of aromatic nitrogens is 1. The Morgan fingerprint density at radius 1 is 1.47 bits per heavy atom. The van der Waals surface area contributed by atoms with Gasteiger partial charge >= 0.3 is 6.03 Å². The number of H-pyrrole nitrogens is 1. The number of nitrogens with zero attached hydrogens (tertiary/aromatic N) is 2. The van der Waals surface area contributed by atoms with Gasteiger partial charge in [0.1, 0.15) is 0 Å². The molecule has 1 aromatic rings. The van der Waals surface area contributed by atoms with Crippen LogP contribution in [0.5, 0.6) is 0 Å². The Hall–Kier alpha value is -1.49. The van der Waals surface area contributed by atoms with Crippen molar-refractivity contribution in [3.63, 3.8) is 0 Å². The lowest BCUT2D eigenvalue weighted by Gasteiger charge is -2.17. The van der Waals surface area contributed by atoms with Gasteiger partial charge in [0.25, 0.3) is 0 Å². The fraction of sp³-hybridized carbons (Fsp3) is 0.643. The van der Waals surface area contributed by atoms with E-state index < -0.39 is 0 Å². The molecule has 104 valence electrons. The minimum atomic E-state index is 0.164. The number of likely N-dealkylation sites (N-methyl/N-ethyl adjacent to an activating group) is 1. The highest BCUT2D eigenvalue weighted by atomic mass is 16.2. The van der Waals surface area contributed by atoms with Gasteiger partial charge in [-0.3, -0.25) is 0 Å². The second kappa shape index (κ2) is 5.25. The summed E-state index contributed by atoms with van der Waals surface area (Å²) in [6.45, 7) is 3.94. The van der Waals surface area contributed by atoms with Gasteiger partial charge in [-0.15, -0.1) is 0 Å². The molecule has 2 amide bonds. The first-order chi connectivity index (χ1) is 9.25. The van der Waals surface area contributed by atoms with E-state index in [0.717, 1.165) is 38.5 Å². The predicted molar refractivity (Wildman–Crippen MR) is 73.9 cm³/mol. The predicted octanol–water partition coefficient (Wildman–Crippen LogP) is 1.42. The molecule has 2 N–H and O–H groups in total. The SMILES string of the molecule is CN1C(=O)N(CCC2CCNC2)CC1c1cc[nH]c1. The Morgan fingerprint density at radius 3 is 3.05 bits per heavy atom. The number of nitrogens with one attached hydrogen (secondary N) is 2. The van der Waals surface area contributed by atoms with Crippen LogP contribution in [0.3, 0.4) is 0 Å². The molecule has 1 aromatic heterocycles. The number of rotatable bonds is 4. The standard InChI is InChI=1S/C14H22N4O/c1-17-13(12-3-6-16-9-12)10-18(14(17)19)7-4-11-2-5-15-8-11/h3,6,9,11,13,15-16H,2,4-5,7-8,10H2,1H3. The minimum Gasteiger partial charge on any atom is -0.367 e. The number of urea groups is 1. The van der Waals surface area contributed by atoms with Crippen molar-refractivity contribution >= 4 is 6.03 Å². The summed E-state index contributed by atoms with van der Waals surface area (Å²) in [5.74, 6) is 0.740. The highest BCUT2D eigenvalue weighted by molar-refractivity contribution is 5.77. The van der Waals surface area contributed by atoms with Crippen molar-refractivity contribution in [1.29, 1.82) is 0 Å². The zero-order valence-electron chi connectivity index (χ0n) is 11.4. The average Bonchev–Trinajstić information content (AvgIpc) is 3.12. The van der Waals surface area contributed by atoms with Crippen molar-refractivity contribution in [2.45, 2.75) is 18.9 Å². The van der Waals surface area contributed by atoms with Crippen LogP contribution in [0.2, 0.25) is 0 Å². The second-order valence-electron chi connectivity index (χ2n) is 5.65. The van der Waals surface area contributed by atoms with Gasteiger partial charge in [0.2, 0.25) is 0 Å². The van der Waals surface area contributed by atoms with E-state index in [4.69, 9.17) is 0 Å².